The van der Waals surface area contributed by atoms with E-state index in [2.05, 4.69) is 52.7 Å². The van der Waals surface area contributed by atoms with Crippen LogP contribution in [0.5, 0.6) is 0 Å². The summed E-state index contributed by atoms with van der Waals surface area (Å²) in [5, 5.41) is 0.884. The average molecular weight is 311 g/mol. The van der Waals surface area contributed by atoms with Crippen molar-refractivity contribution in [1.29, 1.82) is 0 Å². The molecule has 0 aliphatic carbocycles. The molecule has 1 saturated heterocycles. The molecular formula is C15H23BrN2. The van der Waals surface area contributed by atoms with Crippen molar-refractivity contribution in [1.82, 2.24) is 4.98 Å². The van der Waals surface area contributed by atoms with Crippen LogP contribution in [0.1, 0.15) is 44.2 Å². The molecule has 0 radical (unpaired) electrons. The maximum absolute atomic E-state index is 4.64. The minimum Gasteiger partial charge on any atom is -0.356 e. The van der Waals surface area contributed by atoms with E-state index in [1.165, 1.54) is 36.2 Å². The van der Waals surface area contributed by atoms with Crippen LogP contribution >= 0.6 is 15.9 Å². The van der Waals surface area contributed by atoms with Crippen LogP contribution in [-0.2, 0) is 5.33 Å². The van der Waals surface area contributed by atoms with Gasteiger partial charge in [-0.2, -0.15) is 0 Å². The van der Waals surface area contributed by atoms with Crippen LogP contribution < -0.4 is 4.90 Å². The Balaban J connectivity index is 2.10. The van der Waals surface area contributed by atoms with Gasteiger partial charge in [-0.05, 0) is 36.3 Å². The fraction of sp³-hybridized carbons (Fsp3) is 0.667. The summed E-state index contributed by atoms with van der Waals surface area (Å²) in [5.74, 6) is 1.18. The molecule has 1 aromatic rings. The SMILES string of the molecule is CCC1(C)CCN(c2ncc(CBr)cc2C)CC1. The third kappa shape index (κ3) is 2.87. The third-order valence-electron chi connectivity index (χ3n) is 4.39. The number of hydrogen-bond acceptors (Lipinski definition) is 2. The Bertz CT molecular complexity index is 409. The molecule has 0 aromatic carbocycles. The van der Waals surface area contributed by atoms with E-state index < -0.39 is 0 Å². The number of alkyl halides is 1. The number of nitrogens with zero attached hydrogens (tertiary/aromatic N) is 2. The van der Waals surface area contributed by atoms with Gasteiger partial charge in [0.05, 0.1) is 0 Å². The van der Waals surface area contributed by atoms with Gasteiger partial charge < -0.3 is 4.90 Å². The zero-order valence-electron chi connectivity index (χ0n) is 11.7. The molecule has 1 fully saturated rings. The van der Waals surface area contributed by atoms with Crippen molar-refractivity contribution in [2.45, 2.75) is 45.4 Å². The van der Waals surface area contributed by atoms with Gasteiger partial charge in [0.15, 0.2) is 0 Å². The molecule has 2 rings (SSSR count). The second kappa shape index (κ2) is 5.60. The first-order valence-corrected chi connectivity index (χ1v) is 7.96. The van der Waals surface area contributed by atoms with Crippen molar-refractivity contribution in [3.8, 4) is 0 Å². The van der Waals surface area contributed by atoms with Crippen molar-refractivity contribution >= 4 is 21.7 Å². The zero-order chi connectivity index (χ0) is 13.2. The van der Waals surface area contributed by atoms with Gasteiger partial charge in [0, 0.05) is 24.6 Å². The largest absolute Gasteiger partial charge is 0.356 e. The standard InChI is InChI=1S/C15H23BrN2/c1-4-15(3)5-7-18(8-6-15)14-12(2)9-13(10-16)11-17-14/h9,11H,4-8,10H2,1-3H3. The summed E-state index contributed by atoms with van der Waals surface area (Å²) < 4.78 is 0. The van der Waals surface area contributed by atoms with E-state index in [4.69, 9.17) is 0 Å². The molecule has 0 atom stereocenters. The van der Waals surface area contributed by atoms with Crippen LogP contribution in [0.4, 0.5) is 5.82 Å². The van der Waals surface area contributed by atoms with Gasteiger partial charge in [-0.1, -0.05) is 42.3 Å². The van der Waals surface area contributed by atoms with E-state index in [1.807, 2.05) is 6.20 Å². The smallest absolute Gasteiger partial charge is 0.131 e. The minimum absolute atomic E-state index is 0.542. The monoisotopic (exact) mass is 310 g/mol. The third-order valence-corrected chi connectivity index (χ3v) is 5.03. The lowest BCUT2D eigenvalue weighted by molar-refractivity contribution is 0.237. The van der Waals surface area contributed by atoms with E-state index >= 15 is 0 Å². The van der Waals surface area contributed by atoms with E-state index in [9.17, 15) is 0 Å². The maximum atomic E-state index is 4.64. The summed E-state index contributed by atoms with van der Waals surface area (Å²) in [5.41, 5.74) is 3.10. The fourth-order valence-corrected chi connectivity index (χ4v) is 2.95. The highest BCUT2D eigenvalue weighted by Gasteiger charge is 2.29. The highest BCUT2D eigenvalue weighted by molar-refractivity contribution is 9.08. The normalized spacial score (nSPS) is 19.0. The molecule has 0 N–H and O–H groups in total. The molecule has 1 aliphatic rings. The van der Waals surface area contributed by atoms with E-state index in [0.29, 0.717) is 5.41 Å². The number of anilines is 1. The Hall–Kier alpha value is -0.570. The Morgan fingerprint density at radius 2 is 2.06 bits per heavy atom. The molecule has 0 spiro atoms. The first-order chi connectivity index (χ1) is 8.58. The summed E-state index contributed by atoms with van der Waals surface area (Å²) in [6.07, 6.45) is 5.84. The highest BCUT2D eigenvalue weighted by Crippen LogP contribution is 2.35. The summed E-state index contributed by atoms with van der Waals surface area (Å²) >= 11 is 3.48. The lowest BCUT2D eigenvalue weighted by Crippen LogP contribution is -2.39. The predicted octanol–water partition coefficient (Wildman–Crippen LogP) is 4.30. The second-order valence-electron chi connectivity index (χ2n) is 5.77. The van der Waals surface area contributed by atoms with Crippen LogP contribution in [0.15, 0.2) is 12.3 Å². The summed E-state index contributed by atoms with van der Waals surface area (Å²) in [6.45, 7) is 9.18. The van der Waals surface area contributed by atoms with E-state index in [0.717, 1.165) is 18.4 Å². The van der Waals surface area contributed by atoms with E-state index in [1.54, 1.807) is 0 Å². The molecule has 1 aromatic heterocycles. The van der Waals surface area contributed by atoms with Gasteiger partial charge in [0.25, 0.3) is 0 Å². The number of halogens is 1. The van der Waals surface area contributed by atoms with Gasteiger partial charge in [0.2, 0.25) is 0 Å². The molecule has 0 saturated carbocycles. The quantitative estimate of drug-likeness (QED) is 0.774. The van der Waals surface area contributed by atoms with Crippen LogP contribution in [0.2, 0.25) is 0 Å². The molecule has 0 bridgehead atoms. The number of piperidine rings is 1. The molecule has 2 nitrogen and oxygen atoms in total. The Labute approximate surface area is 119 Å². The number of aryl methyl sites for hydroxylation is 1. The van der Waals surface area contributed by atoms with Gasteiger partial charge in [-0.3, -0.25) is 0 Å². The van der Waals surface area contributed by atoms with E-state index in [-0.39, 0.29) is 0 Å². The summed E-state index contributed by atoms with van der Waals surface area (Å²) in [7, 11) is 0. The van der Waals surface area contributed by atoms with Crippen LogP contribution in [0, 0.1) is 12.3 Å². The molecule has 0 amide bonds. The second-order valence-corrected chi connectivity index (χ2v) is 6.33. The maximum Gasteiger partial charge on any atom is 0.131 e. The van der Waals surface area contributed by atoms with Crippen LogP contribution in [0.25, 0.3) is 0 Å². The summed E-state index contributed by atoms with van der Waals surface area (Å²) in [6, 6.07) is 2.24. The minimum atomic E-state index is 0.542. The van der Waals surface area contributed by atoms with Crippen LogP contribution in [0.3, 0.4) is 0 Å². The van der Waals surface area contributed by atoms with Crippen molar-refractivity contribution in [2.24, 2.45) is 5.41 Å². The number of rotatable bonds is 3. The first-order valence-electron chi connectivity index (χ1n) is 6.84. The lowest BCUT2D eigenvalue weighted by atomic mass is 9.78. The van der Waals surface area contributed by atoms with Crippen molar-refractivity contribution in [3.05, 3.63) is 23.4 Å². The number of hydrogen-bond donors (Lipinski definition) is 0. The molecule has 2 heterocycles. The molecule has 3 heteroatoms. The molecule has 100 valence electrons. The molecular weight excluding hydrogens is 288 g/mol. The number of aromatic nitrogens is 1. The molecule has 18 heavy (non-hydrogen) atoms. The molecule has 0 unspecified atom stereocenters. The zero-order valence-corrected chi connectivity index (χ0v) is 13.3. The first kappa shape index (κ1) is 13.9. The lowest BCUT2D eigenvalue weighted by Gasteiger charge is -2.40. The van der Waals surface area contributed by atoms with Gasteiger partial charge in [-0.15, -0.1) is 0 Å². The van der Waals surface area contributed by atoms with Crippen LogP contribution in [-0.4, -0.2) is 18.1 Å². The molecule has 1 aliphatic heterocycles. The van der Waals surface area contributed by atoms with Gasteiger partial charge >= 0.3 is 0 Å². The fourth-order valence-electron chi connectivity index (χ4n) is 2.64. The average Bonchev–Trinajstić information content (AvgIpc) is 2.40. The summed E-state index contributed by atoms with van der Waals surface area (Å²) in [4.78, 5) is 7.09. The Kier molecular flexibility index (Phi) is 4.31. The van der Waals surface area contributed by atoms with Crippen molar-refractivity contribution in [2.75, 3.05) is 18.0 Å². The van der Waals surface area contributed by atoms with Gasteiger partial charge in [0.1, 0.15) is 5.82 Å². The Morgan fingerprint density at radius 3 is 2.56 bits per heavy atom. The van der Waals surface area contributed by atoms with Crippen molar-refractivity contribution in [3.63, 3.8) is 0 Å². The van der Waals surface area contributed by atoms with Crippen molar-refractivity contribution < 1.29 is 0 Å². The topological polar surface area (TPSA) is 16.1 Å². The van der Waals surface area contributed by atoms with Gasteiger partial charge in [-0.25, -0.2) is 4.98 Å². The highest BCUT2D eigenvalue weighted by atomic mass is 79.9. The number of pyridine rings is 1. The predicted molar refractivity (Wildman–Crippen MR) is 81.5 cm³/mol. The Morgan fingerprint density at radius 1 is 1.39 bits per heavy atom.